The molecule has 2 heterocycles. The lowest BCUT2D eigenvalue weighted by Gasteiger charge is -2.29. The zero-order chi connectivity index (χ0) is 16.9. The molecule has 0 saturated carbocycles. The number of ether oxygens (including phenoxy) is 2. The number of benzene rings is 1. The van der Waals surface area contributed by atoms with E-state index in [2.05, 4.69) is 5.32 Å². The summed E-state index contributed by atoms with van der Waals surface area (Å²) < 4.78 is 10.9. The van der Waals surface area contributed by atoms with Crippen LogP contribution in [0.25, 0.3) is 0 Å². The third-order valence-electron chi connectivity index (χ3n) is 4.39. The Morgan fingerprint density at radius 2 is 2.29 bits per heavy atom. The van der Waals surface area contributed by atoms with Gasteiger partial charge in [0.15, 0.2) is 6.61 Å². The predicted octanol–water partition coefficient (Wildman–Crippen LogP) is 1.80. The molecule has 24 heavy (non-hydrogen) atoms. The Bertz CT molecular complexity index is 611. The summed E-state index contributed by atoms with van der Waals surface area (Å²) in [6, 6.07) is 5.80. The lowest BCUT2D eigenvalue weighted by atomic mass is 10.1. The van der Waals surface area contributed by atoms with Crippen LogP contribution in [0.5, 0.6) is 5.75 Å². The topological polar surface area (TPSA) is 67.9 Å². The van der Waals surface area contributed by atoms with Crippen LogP contribution in [-0.2, 0) is 14.3 Å². The van der Waals surface area contributed by atoms with Crippen molar-refractivity contribution in [3.63, 3.8) is 0 Å². The minimum Gasteiger partial charge on any atom is -0.482 e. The number of nitrogens with zero attached hydrogens (tertiary/aromatic N) is 1. The molecule has 0 aromatic heterocycles. The Morgan fingerprint density at radius 1 is 1.42 bits per heavy atom. The molecule has 2 aliphatic rings. The maximum Gasteiger partial charge on any atom is 0.265 e. The normalized spacial score (nSPS) is 19.8. The second-order valence-electron chi connectivity index (χ2n) is 6.35. The minimum absolute atomic E-state index is 0.00988. The first-order chi connectivity index (χ1) is 11.6. The smallest absolute Gasteiger partial charge is 0.265 e. The number of nitrogens with one attached hydrogen (secondary N) is 1. The van der Waals surface area contributed by atoms with Crippen molar-refractivity contribution in [3.05, 3.63) is 23.8 Å². The van der Waals surface area contributed by atoms with Gasteiger partial charge in [-0.15, -0.1) is 0 Å². The molecule has 0 unspecified atom stereocenters. The average Bonchev–Trinajstić information content (AvgIpc) is 3.08. The SMILES string of the molecule is Cc1ccc2c(c1)N(CCCC(=O)NC[C@H]1CCCO1)C(=O)CO2. The van der Waals surface area contributed by atoms with E-state index < -0.39 is 0 Å². The quantitative estimate of drug-likeness (QED) is 0.862. The summed E-state index contributed by atoms with van der Waals surface area (Å²) in [7, 11) is 0. The lowest BCUT2D eigenvalue weighted by molar-refractivity contribution is -0.123. The van der Waals surface area contributed by atoms with Crippen LogP contribution in [0.1, 0.15) is 31.2 Å². The van der Waals surface area contributed by atoms with E-state index in [-0.39, 0.29) is 24.5 Å². The molecular weight excluding hydrogens is 308 g/mol. The first kappa shape index (κ1) is 16.8. The van der Waals surface area contributed by atoms with Crippen molar-refractivity contribution in [2.24, 2.45) is 0 Å². The predicted molar refractivity (Wildman–Crippen MR) is 90.2 cm³/mol. The van der Waals surface area contributed by atoms with Crippen molar-refractivity contribution < 1.29 is 19.1 Å². The van der Waals surface area contributed by atoms with Gasteiger partial charge in [0.1, 0.15) is 5.75 Å². The fraction of sp³-hybridized carbons (Fsp3) is 0.556. The molecule has 6 nitrogen and oxygen atoms in total. The standard InChI is InChI=1S/C18H24N2O4/c1-13-6-7-16-15(10-13)20(18(22)12-24-16)8-2-5-17(21)19-11-14-4-3-9-23-14/h6-7,10,14H,2-5,8-9,11-12H2,1H3,(H,19,21)/t14-/m1/s1. The number of fused-ring (bicyclic) bond motifs is 1. The second-order valence-corrected chi connectivity index (χ2v) is 6.35. The number of carbonyl (C=O) groups excluding carboxylic acids is 2. The van der Waals surface area contributed by atoms with Crippen LogP contribution >= 0.6 is 0 Å². The van der Waals surface area contributed by atoms with Gasteiger partial charge in [0.05, 0.1) is 11.8 Å². The number of amides is 2. The maximum atomic E-state index is 12.1. The Morgan fingerprint density at radius 3 is 3.08 bits per heavy atom. The van der Waals surface area contributed by atoms with Crippen LogP contribution in [0.15, 0.2) is 18.2 Å². The molecule has 1 fully saturated rings. The van der Waals surface area contributed by atoms with Crippen LogP contribution < -0.4 is 15.0 Å². The number of rotatable bonds is 6. The summed E-state index contributed by atoms with van der Waals surface area (Å²) >= 11 is 0. The zero-order valence-corrected chi connectivity index (χ0v) is 14.0. The lowest BCUT2D eigenvalue weighted by Crippen LogP contribution is -2.40. The summed E-state index contributed by atoms with van der Waals surface area (Å²) in [6.07, 6.45) is 3.26. The Labute approximate surface area is 142 Å². The molecule has 1 N–H and O–H groups in total. The number of carbonyl (C=O) groups is 2. The van der Waals surface area contributed by atoms with Gasteiger partial charge in [-0.1, -0.05) is 6.07 Å². The molecule has 0 bridgehead atoms. The molecule has 3 rings (SSSR count). The molecule has 1 saturated heterocycles. The van der Waals surface area contributed by atoms with Crippen LogP contribution in [0.3, 0.4) is 0 Å². The molecule has 2 aliphatic heterocycles. The maximum absolute atomic E-state index is 12.1. The van der Waals surface area contributed by atoms with E-state index in [1.807, 2.05) is 25.1 Å². The largest absolute Gasteiger partial charge is 0.482 e. The van der Waals surface area contributed by atoms with Gasteiger partial charge in [-0.25, -0.2) is 0 Å². The van der Waals surface area contributed by atoms with Crippen LogP contribution in [-0.4, -0.2) is 44.2 Å². The van der Waals surface area contributed by atoms with Gasteiger partial charge in [0.25, 0.3) is 5.91 Å². The van der Waals surface area contributed by atoms with E-state index in [9.17, 15) is 9.59 Å². The van der Waals surface area contributed by atoms with Gasteiger partial charge in [0, 0.05) is 26.1 Å². The fourth-order valence-electron chi connectivity index (χ4n) is 3.08. The number of anilines is 1. The Hall–Kier alpha value is -2.08. The molecule has 2 amide bonds. The highest BCUT2D eigenvalue weighted by Crippen LogP contribution is 2.32. The van der Waals surface area contributed by atoms with Crippen molar-refractivity contribution >= 4 is 17.5 Å². The van der Waals surface area contributed by atoms with Crippen molar-refractivity contribution in [3.8, 4) is 5.75 Å². The summed E-state index contributed by atoms with van der Waals surface area (Å²) in [5, 5.41) is 2.91. The van der Waals surface area contributed by atoms with Crippen LogP contribution in [0, 0.1) is 6.92 Å². The van der Waals surface area contributed by atoms with E-state index in [0.717, 1.165) is 36.4 Å². The van der Waals surface area contributed by atoms with E-state index in [1.165, 1.54) is 0 Å². The third-order valence-corrected chi connectivity index (χ3v) is 4.39. The average molecular weight is 332 g/mol. The van der Waals surface area contributed by atoms with Crippen molar-refractivity contribution in [2.45, 2.75) is 38.7 Å². The molecule has 1 aromatic carbocycles. The van der Waals surface area contributed by atoms with E-state index in [4.69, 9.17) is 9.47 Å². The van der Waals surface area contributed by atoms with E-state index >= 15 is 0 Å². The minimum atomic E-state index is -0.0622. The van der Waals surface area contributed by atoms with Crippen LogP contribution in [0.4, 0.5) is 5.69 Å². The van der Waals surface area contributed by atoms with Crippen molar-refractivity contribution in [1.29, 1.82) is 0 Å². The zero-order valence-electron chi connectivity index (χ0n) is 14.0. The summed E-state index contributed by atoms with van der Waals surface area (Å²) in [6.45, 7) is 3.93. The first-order valence-corrected chi connectivity index (χ1v) is 8.55. The molecule has 1 atom stereocenters. The highest BCUT2D eigenvalue weighted by atomic mass is 16.5. The van der Waals surface area contributed by atoms with Gasteiger partial charge in [-0.05, 0) is 43.9 Å². The monoisotopic (exact) mass is 332 g/mol. The highest BCUT2D eigenvalue weighted by molar-refractivity contribution is 5.97. The third kappa shape index (κ3) is 4.06. The van der Waals surface area contributed by atoms with E-state index in [1.54, 1.807) is 4.90 Å². The molecular formula is C18H24N2O4. The summed E-state index contributed by atoms with van der Waals surface area (Å²) in [5.41, 5.74) is 1.87. The summed E-state index contributed by atoms with van der Waals surface area (Å²) in [4.78, 5) is 25.8. The van der Waals surface area contributed by atoms with Crippen molar-refractivity contribution in [2.75, 3.05) is 31.2 Å². The molecule has 0 aliphatic carbocycles. The van der Waals surface area contributed by atoms with Gasteiger partial charge in [-0.2, -0.15) is 0 Å². The Balaban J connectivity index is 1.48. The highest BCUT2D eigenvalue weighted by Gasteiger charge is 2.25. The number of hydrogen-bond acceptors (Lipinski definition) is 4. The van der Waals surface area contributed by atoms with E-state index in [0.29, 0.717) is 25.9 Å². The molecule has 1 aromatic rings. The fourth-order valence-corrected chi connectivity index (χ4v) is 3.08. The molecule has 6 heteroatoms. The van der Waals surface area contributed by atoms with Gasteiger partial charge in [0.2, 0.25) is 5.91 Å². The van der Waals surface area contributed by atoms with Gasteiger partial charge >= 0.3 is 0 Å². The number of aryl methyl sites for hydroxylation is 1. The van der Waals surface area contributed by atoms with Crippen molar-refractivity contribution in [1.82, 2.24) is 5.32 Å². The van der Waals surface area contributed by atoms with Gasteiger partial charge in [-0.3, -0.25) is 9.59 Å². The molecule has 0 spiro atoms. The van der Waals surface area contributed by atoms with Gasteiger partial charge < -0.3 is 19.7 Å². The second kappa shape index (κ2) is 7.66. The molecule has 0 radical (unpaired) electrons. The summed E-state index contributed by atoms with van der Waals surface area (Å²) in [5.74, 6) is 0.673. The Kier molecular flexibility index (Phi) is 5.35. The number of hydrogen-bond donors (Lipinski definition) is 1. The van der Waals surface area contributed by atoms with Crippen LogP contribution in [0.2, 0.25) is 0 Å². The first-order valence-electron chi connectivity index (χ1n) is 8.55. The molecule has 130 valence electrons.